The topological polar surface area (TPSA) is 72.2 Å². The van der Waals surface area contributed by atoms with Crippen LogP contribution >= 0.6 is 11.8 Å². The first kappa shape index (κ1) is 26.3. The number of rotatable bonds is 7. The van der Waals surface area contributed by atoms with Crippen molar-refractivity contribution in [2.75, 3.05) is 5.75 Å². The third kappa shape index (κ3) is 6.51. The number of nitrogens with one attached hydrogen (secondary N) is 1. The number of halogens is 1. The predicted octanol–water partition coefficient (Wildman–Crippen LogP) is 6.31. The predicted molar refractivity (Wildman–Crippen MR) is 148 cm³/mol. The van der Waals surface area contributed by atoms with Gasteiger partial charge >= 0.3 is 0 Å². The van der Waals surface area contributed by atoms with E-state index in [0.717, 1.165) is 22.4 Å². The number of carbonyl (C=O) groups excluding carboxylic acids is 1. The zero-order chi connectivity index (χ0) is 26.6. The van der Waals surface area contributed by atoms with Gasteiger partial charge in [0, 0.05) is 11.3 Å². The van der Waals surface area contributed by atoms with Crippen molar-refractivity contribution in [3.63, 3.8) is 0 Å². The Morgan fingerprint density at radius 3 is 2.24 bits per heavy atom. The van der Waals surface area contributed by atoms with E-state index in [4.69, 9.17) is 0 Å². The quantitative estimate of drug-likeness (QED) is 0.178. The first-order valence-electron chi connectivity index (χ1n) is 12.0. The van der Waals surface area contributed by atoms with Crippen molar-refractivity contribution >= 4 is 23.4 Å². The molecule has 1 amide bonds. The second-order valence-corrected chi connectivity index (χ2v) is 10.8. The summed E-state index contributed by atoms with van der Waals surface area (Å²) in [6.07, 6.45) is 0. The molecule has 0 bridgehead atoms. The Morgan fingerprint density at radius 1 is 0.973 bits per heavy atom. The van der Waals surface area contributed by atoms with E-state index in [0.29, 0.717) is 16.7 Å². The van der Waals surface area contributed by atoms with Gasteiger partial charge < -0.3 is 0 Å². The largest absolute Gasteiger partial charge is 0.272 e. The number of aryl methyl sites for hydroxylation is 1. The first-order chi connectivity index (χ1) is 17.6. The lowest BCUT2D eigenvalue weighted by molar-refractivity contribution is -0.118. The molecule has 1 heterocycles. The van der Waals surface area contributed by atoms with E-state index in [-0.39, 0.29) is 22.9 Å². The Labute approximate surface area is 221 Å². The maximum atomic E-state index is 13.2. The van der Waals surface area contributed by atoms with Crippen LogP contribution in [0.5, 0.6) is 0 Å². The Bertz CT molecular complexity index is 1400. The number of aromatic nitrogens is 3. The molecule has 37 heavy (non-hydrogen) atoms. The molecule has 0 atom stereocenters. The molecule has 0 aliphatic rings. The molecule has 4 rings (SSSR count). The van der Waals surface area contributed by atoms with Gasteiger partial charge in [-0.1, -0.05) is 86.6 Å². The highest BCUT2D eigenvalue weighted by Gasteiger charge is 2.19. The summed E-state index contributed by atoms with van der Waals surface area (Å²) in [5.74, 6) is 0.213. The fourth-order valence-corrected chi connectivity index (χ4v) is 4.40. The van der Waals surface area contributed by atoms with Crippen LogP contribution in [0.25, 0.3) is 17.1 Å². The van der Waals surface area contributed by atoms with Crippen LogP contribution in [0.2, 0.25) is 0 Å². The van der Waals surface area contributed by atoms with Crippen molar-refractivity contribution in [2.45, 2.75) is 45.2 Å². The summed E-state index contributed by atoms with van der Waals surface area (Å²) >= 11 is 1.28. The van der Waals surface area contributed by atoms with Crippen molar-refractivity contribution in [2.24, 2.45) is 5.10 Å². The zero-order valence-electron chi connectivity index (χ0n) is 21.6. The van der Waals surface area contributed by atoms with Gasteiger partial charge in [-0.3, -0.25) is 9.36 Å². The third-order valence-corrected chi connectivity index (χ3v) is 6.81. The van der Waals surface area contributed by atoms with Crippen molar-refractivity contribution in [3.8, 4) is 17.1 Å². The molecule has 3 aromatic carbocycles. The summed E-state index contributed by atoms with van der Waals surface area (Å²) in [6, 6.07) is 22.4. The van der Waals surface area contributed by atoms with Gasteiger partial charge in [-0.05, 0) is 54.7 Å². The van der Waals surface area contributed by atoms with Crippen LogP contribution in [0.15, 0.2) is 83.1 Å². The monoisotopic (exact) mass is 515 g/mol. The van der Waals surface area contributed by atoms with Gasteiger partial charge in [-0.25, -0.2) is 9.82 Å². The van der Waals surface area contributed by atoms with Crippen LogP contribution in [0.4, 0.5) is 4.39 Å². The summed E-state index contributed by atoms with van der Waals surface area (Å²) < 4.78 is 15.1. The molecule has 0 aliphatic carbocycles. The molecule has 190 valence electrons. The normalized spacial score (nSPS) is 12.0. The third-order valence-electron chi connectivity index (χ3n) is 5.88. The Morgan fingerprint density at radius 2 is 1.62 bits per heavy atom. The minimum atomic E-state index is -0.320. The number of nitrogens with zero attached hydrogens (tertiary/aromatic N) is 4. The molecule has 0 saturated carbocycles. The second kappa shape index (κ2) is 11.1. The molecular formula is C29H30FN5OS. The molecule has 1 N–H and O–H groups in total. The molecule has 0 saturated heterocycles. The van der Waals surface area contributed by atoms with Crippen LogP contribution in [0.1, 0.15) is 44.4 Å². The van der Waals surface area contributed by atoms with Gasteiger partial charge in [0.2, 0.25) is 0 Å². The van der Waals surface area contributed by atoms with E-state index in [9.17, 15) is 9.18 Å². The van der Waals surface area contributed by atoms with Crippen molar-refractivity contribution in [1.29, 1.82) is 0 Å². The average molecular weight is 516 g/mol. The van der Waals surface area contributed by atoms with Gasteiger partial charge in [-0.15, -0.1) is 10.2 Å². The van der Waals surface area contributed by atoms with E-state index in [2.05, 4.69) is 65.8 Å². The van der Waals surface area contributed by atoms with Gasteiger partial charge in [-0.2, -0.15) is 5.10 Å². The van der Waals surface area contributed by atoms with Crippen LogP contribution in [0, 0.1) is 12.7 Å². The summed E-state index contributed by atoms with van der Waals surface area (Å²) in [5, 5.41) is 13.6. The minimum Gasteiger partial charge on any atom is -0.272 e. The maximum Gasteiger partial charge on any atom is 0.250 e. The minimum absolute atomic E-state index is 0.0507. The lowest BCUT2D eigenvalue weighted by Crippen LogP contribution is -2.21. The molecule has 6 nitrogen and oxygen atoms in total. The molecule has 0 fully saturated rings. The van der Waals surface area contributed by atoms with Gasteiger partial charge in [0.05, 0.1) is 11.5 Å². The number of thioether (sulfide) groups is 1. The van der Waals surface area contributed by atoms with E-state index in [1.807, 2.05) is 35.8 Å². The number of hydrazone groups is 1. The molecule has 8 heteroatoms. The van der Waals surface area contributed by atoms with E-state index in [1.165, 1.54) is 29.5 Å². The number of carbonyl (C=O) groups is 1. The summed E-state index contributed by atoms with van der Waals surface area (Å²) in [6.45, 7) is 10.3. The summed E-state index contributed by atoms with van der Waals surface area (Å²) in [5.41, 5.74) is 8.18. The number of hydrogen-bond acceptors (Lipinski definition) is 5. The Kier molecular flexibility index (Phi) is 7.88. The average Bonchev–Trinajstić information content (AvgIpc) is 3.30. The van der Waals surface area contributed by atoms with Gasteiger partial charge in [0.1, 0.15) is 5.82 Å². The highest BCUT2D eigenvalue weighted by atomic mass is 32.2. The molecule has 0 radical (unpaired) electrons. The standard InChI is InChI=1S/C29H30FN5OS/c1-19-6-16-25(17-7-19)35-27(22-8-12-23(13-9-22)29(3,4)5)33-34-28(35)37-18-26(36)32-31-20(2)21-10-14-24(30)15-11-21/h6-17H,18H2,1-5H3,(H,32,36)/b31-20-. The zero-order valence-corrected chi connectivity index (χ0v) is 22.4. The van der Waals surface area contributed by atoms with Crippen LogP contribution in [-0.2, 0) is 10.2 Å². The van der Waals surface area contributed by atoms with Gasteiger partial charge in [0.15, 0.2) is 11.0 Å². The summed E-state index contributed by atoms with van der Waals surface area (Å²) in [4.78, 5) is 12.6. The summed E-state index contributed by atoms with van der Waals surface area (Å²) in [7, 11) is 0. The number of hydrogen-bond donors (Lipinski definition) is 1. The van der Waals surface area contributed by atoms with E-state index in [1.54, 1.807) is 19.1 Å². The lowest BCUT2D eigenvalue weighted by atomic mass is 9.87. The van der Waals surface area contributed by atoms with Crippen LogP contribution in [-0.4, -0.2) is 32.1 Å². The Hall–Kier alpha value is -3.78. The molecule has 4 aromatic rings. The Balaban J connectivity index is 1.55. The first-order valence-corrected chi connectivity index (χ1v) is 13.0. The van der Waals surface area contributed by atoms with Crippen molar-refractivity contribution in [1.82, 2.24) is 20.2 Å². The van der Waals surface area contributed by atoms with E-state index >= 15 is 0 Å². The highest BCUT2D eigenvalue weighted by molar-refractivity contribution is 7.99. The van der Waals surface area contributed by atoms with E-state index < -0.39 is 0 Å². The fourth-order valence-electron chi connectivity index (χ4n) is 3.66. The number of benzene rings is 3. The highest BCUT2D eigenvalue weighted by Crippen LogP contribution is 2.30. The molecule has 0 aliphatic heterocycles. The number of amides is 1. The fraction of sp³-hybridized carbons (Fsp3) is 0.241. The van der Waals surface area contributed by atoms with Crippen molar-refractivity contribution in [3.05, 3.63) is 95.3 Å². The second-order valence-electron chi connectivity index (χ2n) is 9.83. The van der Waals surface area contributed by atoms with Crippen molar-refractivity contribution < 1.29 is 9.18 Å². The van der Waals surface area contributed by atoms with Gasteiger partial charge in [0.25, 0.3) is 5.91 Å². The lowest BCUT2D eigenvalue weighted by Gasteiger charge is -2.19. The molecule has 0 unspecified atom stereocenters. The van der Waals surface area contributed by atoms with Crippen LogP contribution in [0.3, 0.4) is 0 Å². The SMILES string of the molecule is C/C(=N/NC(=O)CSc1nnc(-c2ccc(C(C)(C)C)cc2)n1-c1ccc(C)cc1)c1ccc(F)cc1. The molecule has 0 spiro atoms. The molecule has 1 aromatic heterocycles. The smallest absolute Gasteiger partial charge is 0.250 e. The molecular weight excluding hydrogens is 485 g/mol. The maximum absolute atomic E-state index is 13.2. The van der Waals surface area contributed by atoms with Crippen LogP contribution < -0.4 is 5.43 Å².